The van der Waals surface area contributed by atoms with E-state index >= 15 is 0 Å². The van der Waals surface area contributed by atoms with E-state index in [0.29, 0.717) is 0 Å². The van der Waals surface area contributed by atoms with Crippen molar-refractivity contribution in [3.63, 3.8) is 0 Å². The third-order valence-electron chi connectivity index (χ3n) is 3.94. The van der Waals surface area contributed by atoms with Crippen LogP contribution in [0, 0.1) is 10.8 Å². The zero-order valence-electron chi connectivity index (χ0n) is 17.1. The second kappa shape index (κ2) is 9.55. The molecule has 0 heterocycles. The summed E-state index contributed by atoms with van der Waals surface area (Å²) in [7, 11) is 0. The molecule has 0 saturated carbocycles. The first-order chi connectivity index (χ1) is 10.9. The van der Waals surface area contributed by atoms with Crippen molar-refractivity contribution in [2.75, 3.05) is 0 Å². The van der Waals surface area contributed by atoms with E-state index in [4.69, 9.17) is 0 Å². The third-order valence-corrected chi connectivity index (χ3v) is 3.94. The maximum atomic E-state index is 4.15. The van der Waals surface area contributed by atoms with Crippen LogP contribution in [0.1, 0.15) is 68.2 Å². The van der Waals surface area contributed by atoms with Crippen molar-refractivity contribution < 1.29 is 0 Å². The van der Waals surface area contributed by atoms with E-state index in [0.717, 1.165) is 24.2 Å². The highest BCUT2D eigenvalue weighted by Crippen LogP contribution is 2.28. The summed E-state index contributed by atoms with van der Waals surface area (Å²) in [5.41, 5.74) is 8.01. The molecule has 0 saturated heterocycles. The van der Waals surface area contributed by atoms with Crippen molar-refractivity contribution >= 4 is 0 Å². The number of allylic oxidation sites excluding steroid dienone is 7. The van der Waals surface area contributed by atoms with Crippen LogP contribution >= 0.6 is 0 Å². The lowest BCUT2D eigenvalue weighted by Crippen LogP contribution is -2.22. The molecule has 0 radical (unpaired) electrons. The Morgan fingerprint density at radius 2 is 1.67 bits per heavy atom. The van der Waals surface area contributed by atoms with Crippen molar-refractivity contribution in [2.45, 2.75) is 68.2 Å². The Balaban J connectivity index is 5.47. The largest absolute Gasteiger partial charge is 0.362 e. The van der Waals surface area contributed by atoms with Crippen LogP contribution in [0.3, 0.4) is 0 Å². The lowest BCUT2D eigenvalue weighted by atomic mass is 9.85. The van der Waals surface area contributed by atoms with E-state index in [1.807, 2.05) is 6.08 Å². The van der Waals surface area contributed by atoms with Gasteiger partial charge in [-0.3, -0.25) is 0 Å². The molecule has 0 aromatic rings. The fraction of sp³-hybridized carbons (Fsp3) is 0.522. The van der Waals surface area contributed by atoms with Crippen molar-refractivity contribution in [3.05, 3.63) is 65.7 Å². The zero-order chi connectivity index (χ0) is 19.0. The molecule has 0 aliphatic rings. The highest BCUT2D eigenvalue weighted by molar-refractivity contribution is 5.32. The van der Waals surface area contributed by atoms with Crippen molar-refractivity contribution in [2.24, 2.45) is 10.8 Å². The van der Waals surface area contributed by atoms with Gasteiger partial charge < -0.3 is 5.32 Å². The summed E-state index contributed by atoms with van der Waals surface area (Å²) in [5, 5.41) is 3.44. The smallest absolute Gasteiger partial charge is 0.0152 e. The summed E-state index contributed by atoms with van der Waals surface area (Å²) in [6.45, 7) is 25.5. The summed E-state index contributed by atoms with van der Waals surface area (Å²) >= 11 is 0. The van der Waals surface area contributed by atoms with Crippen LogP contribution in [0.4, 0.5) is 0 Å². The van der Waals surface area contributed by atoms with E-state index in [2.05, 4.69) is 97.8 Å². The van der Waals surface area contributed by atoms with Gasteiger partial charge in [0.2, 0.25) is 0 Å². The molecule has 0 aliphatic heterocycles. The van der Waals surface area contributed by atoms with Gasteiger partial charge in [-0.25, -0.2) is 0 Å². The molecule has 0 atom stereocenters. The quantitative estimate of drug-likeness (QED) is 0.389. The fourth-order valence-corrected chi connectivity index (χ4v) is 1.95. The van der Waals surface area contributed by atoms with Crippen LogP contribution in [0.15, 0.2) is 65.7 Å². The Morgan fingerprint density at radius 3 is 2.08 bits per heavy atom. The van der Waals surface area contributed by atoms with Crippen LogP contribution in [-0.2, 0) is 0 Å². The predicted molar refractivity (Wildman–Crippen MR) is 110 cm³/mol. The molecule has 0 bridgehead atoms. The minimum atomic E-state index is 0.0354. The van der Waals surface area contributed by atoms with Crippen LogP contribution in [0.25, 0.3) is 0 Å². The highest BCUT2D eigenvalue weighted by atomic mass is 14.9. The first kappa shape index (κ1) is 22.3. The molecule has 1 N–H and O–H groups in total. The van der Waals surface area contributed by atoms with Gasteiger partial charge >= 0.3 is 0 Å². The zero-order valence-corrected chi connectivity index (χ0v) is 17.1. The van der Waals surface area contributed by atoms with Gasteiger partial charge in [-0.2, -0.15) is 0 Å². The molecule has 0 aromatic carbocycles. The van der Waals surface area contributed by atoms with E-state index < -0.39 is 0 Å². The molecule has 0 fully saturated rings. The molecule has 0 spiro atoms. The summed E-state index contributed by atoms with van der Waals surface area (Å²) in [6.07, 6.45) is 10.2. The first-order valence-electron chi connectivity index (χ1n) is 8.83. The van der Waals surface area contributed by atoms with Gasteiger partial charge in [-0.05, 0) is 48.5 Å². The van der Waals surface area contributed by atoms with Gasteiger partial charge in [0.1, 0.15) is 0 Å². The average molecular weight is 328 g/mol. The second-order valence-corrected chi connectivity index (χ2v) is 8.24. The number of rotatable bonds is 7. The van der Waals surface area contributed by atoms with Gasteiger partial charge in [0.05, 0.1) is 0 Å². The maximum absolute atomic E-state index is 4.15. The SMILES string of the molecule is C=C/C(C/C=C(\C=C=CCC)C(C)(C)C)=C(/C)NC(=C)C(C)(C)C. The fourth-order valence-electron chi connectivity index (χ4n) is 1.95. The Labute approximate surface area is 150 Å². The molecule has 1 nitrogen and oxygen atoms in total. The molecule has 0 rings (SSSR count). The number of nitrogens with one attached hydrogen (secondary N) is 1. The van der Waals surface area contributed by atoms with Crippen molar-refractivity contribution in [1.29, 1.82) is 0 Å². The molecule has 0 unspecified atom stereocenters. The molecule has 24 heavy (non-hydrogen) atoms. The maximum Gasteiger partial charge on any atom is 0.0152 e. The predicted octanol–water partition coefficient (Wildman–Crippen LogP) is 7.08. The van der Waals surface area contributed by atoms with Gasteiger partial charge in [0, 0.05) is 16.8 Å². The number of hydrogen-bond donors (Lipinski definition) is 1. The van der Waals surface area contributed by atoms with Crippen LogP contribution in [0.5, 0.6) is 0 Å². The number of hydrogen-bond acceptors (Lipinski definition) is 1. The van der Waals surface area contributed by atoms with Gasteiger partial charge in [0.15, 0.2) is 0 Å². The summed E-state index contributed by atoms with van der Waals surface area (Å²) in [6, 6.07) is 0. The van der Waals surface area contributed by atoms with Gasteiger partial charge in [0.25, 0.3) is 0 Å². The van der Waals surface area contributed by atoms with E-state index in [-0.39, 0.29) is 10.8 Å². The monoisotopic (exact) mass is 327 g/mol. The second-order valence-electron chi connectivity index (χ2n) is 8.24. The Hall–Kier alpha value is -1.72. The Kier molecular flexibility index (Phi) is 8.86. The highest BCUT2D eigenvalue weighted by Gasteiger charge is 2.16. The Morgan fingerprint density at radius 1 is 1.08 bits per heavy atom. The standard InChI is InChI=1S/C23H37N/c1-11-13-14-15-21(23(8,9)10)17-16-20(12-2)18(3)24-19(4)22(5,6)7/h12-13,15,17,24H,2,4,11,16H2,1,3,5-10H3/b20-18+,21-17+. The van der Waals surface area contributed by atoms with Gasteiger partial charge in [-0.15, -0.1) is 5.73 Å². The molecule has 0 aliphatic carbocycles. The topological polar surface area (TPSA) is 12.0 Å². The molecular formula is C23H37N. The van der Waals surface area contributed by atoms with E-state index in [1.54, 1.807) is 0 Å². The van der Waals surface area contributed by atoms with Crippen LogP contribution in [-0.4, -0.2) is 0 Å². The molecule has 0 aromatic heterocycles. The van der Waals surface area contributed by atoms with Crippen LogP contribution in [0.2, 0.25) is 0 Å². The average Bonchev–Trinajstić information content (AvgIpc) is 2.43. The minimum Gasteiger partial charge on any atom is -0.362 e. The first-order valence-corrected chi connectivity index (χ1v) is 8.83. The van der Waals surface area contributed by atoms with Crippen molar-refractivity contribution in [1.82, 2.24) is 5.32 Å². The van der Waals surface area contributed by atoms with E-state index in [1.165, 1.54) is 11.1 Å². The normalized spacial score (nSPS) is 13.6. The lowest BCUT2D eigenvalue weighted by Gasteiger charge is -2.24. The van der Waals surface area contributed by atoms with Crippen LogP contribution < -0.4 is 5.32 Å². The summed E-state index contributed by atoms with van der Waals surface area (Å²) in [5.74, 6) is 0. The summed E-state index contributed by atoms with van der Waals surface area (Å²) < 4.78 is 0. The lowest BCUT2D eigenvalue weighted by molar-refractivity contribution is 0.476. The molecular weight excluding hydrogens is 290 g/mol. The molecule has 1 heteroatoms. The summed E-state index contributed by atoms with van der Waals surface area (Å²) in [4.78, 5) is 0. The minimum absolute atomic E-state index is 0.0354. The Bertz CT molecular complexity index is 562. The van der Waals surface area contributed by atoms with E-state index in [9.17, 15) is 0 Å². The third kappa shape index (κ3) is 8.22. The molecule has 0 amide bonds. The van der Waals surface area contributed by atoms with Gasteiger partial charge in [-0.1, -0.05) is 73.8 Å². The van der Waals surface area contributed by atoms with Crippen molar-refractivity contribution in [3.8, 4) is 0 Å². The molecule has 134 valence electrons.